The average molecular weight is 436 g/mol. The van der Waals surface area contributed by atoms with Gasteiger partial charge in [-0.1, -0.05) is 12.1 Å². The molecule has 0 N–H and O–H groups in total. The van der Waals surface area contributed by atoms with Crippen molar-refractivity contribution in [3.8, 4) is 5.75 Å². The van der Waals surface area contributed by atoms with Crippen LogP contribution in [0.25, 0.3) is 11.0 Å². The van der Waals surface area contributed by atoms with Gasteiger partial charge in [0, 0.05) is 6.07 Å². The van der Waals surface area contributed by atoms with Crippen LogP contribution < -0.4 is 9.30 Å². The Hall–Kier alpha value is -3.68. The lowest BCUT2D eigenvalue weighted by Gasteiger charge is -2.12. The van der Waals surface area contributed by atoms with Gasteiger partial charge in [-0.15, -0.1) is 0 Å². The number of aromatic nitrogens is 2. The van der Waals surface area contributed by atoms with Crippen LogP contribution in [-0.4, -0.2) is 40.5 Å². The Morgan fingerprint density at radius 1 is 1.00 bits per heavy atom. The minimum atomic E-state index is -0.423. The second-order valence-corrected chi connectivity index (χ2v) is 7.39. The van der Waals surface area contributed by atoms with Crippen LogP contribution in [0, 0.1) is 0 Å². The first-order chi connectivity index (χ1) is 15.5. The molecule has 2 heterocycles. The normalized spacial score (nSPS) is 13.0. The molecule has 1 aromatic heterocycles. The molecule has 1 aliphatic heterocycles. The molecule has 0 atom stereocenters. The zero-order valence-corrected chi connectivity index (χ0v) is 18.5. The Labute approximate surface area is 185 Å². The van der Waals surface area contributed by atoms with E-state index in [2.05, 4.69) is 9.13 Å². The largest absolute Gasteiger partial charge is 0.482 e. The zero-order chi connectivity index (χ0) is 22.8. The summed E-state index contributed by atoms with van der Waals surface area (Å²) >= 11 is 0. The van der Waals surface area contributed by atoms with Crippen LogP contribution in [0.4, 0.5) is 0 Å². The number of carbonyl (C=O) groups excluding carboxylic acids is 3. The zero-order valence-electron chi connectivity index (χ0n) is 18.5. The van der Waals surface area contributed by atoms with Gasteiger partial charge < -0.3 is 9.47 Å². The molecule has 0 saturated heterocycles. The molecular weight excluding hydrogens is 410 g/mol. The third kappa shape index (κ3) is 3.62. The smallest absolute Gasteiger partial charge is 0.344 e. The minimum Gasteiger partial charge on any atom is -0.482 e. The van der Waals surface area contributed by atoms with Crippen LogP contribution in [0.5, 0.6) is 5.75 Å². The number of imide groups is 1. The highest BCUT2D eigenvalue weighted by molar-refractivity contribution is 6.21. The number of hydrogen-bond acceptors (Lipinski definition) is 5. The van der Waals surface area contributed by atoms with E-state index < -0.39 is 5.97 Å². The molecule has 0 radical (unpaired) electrons. The third-order valence-electron chi connectivity index (χ3n) is 5.62. The molecule has 8 heteroatoms. The van der Waals surface area contributed by atoms with E-state index in [1.165, 1.54) is 4.90 Å². The number of amides is 2. The molecule has 3 aromatic rings. The summed E-state index contributed by atoms with van der Waals surface area (Å²) in [7, 11) is 0. The van der Waals surface area contributed by atoms with Crippen LogP contribution in [0.3, 0.4) is 0 Å². The van der Waals surface area contributed by atoms with Crippen molar-refractivity contribution in [3.05, 3.63) is 59.4 Å². The fraction of sp³-hybridized carbons (Fsp3) is 0.333. The van der Waals surface area contributed by atoms with Gasteiger partial charge in [0.15, 0.2) is 17.6 Å². The third-order valence-corrected chi connectivity index (χ3v) is 5.62. The summed E-state index contributed by atoms with van der Waals surface area (Å²) in [6, 6.07) is 12.5. The summed E-state index contributed by atoms with van der Waals surface area (Å²) in [5, 5.41) is 0. The van der Waals surface area contributed by atoms with Crippen molar-refractivity contribution >= 4 is 28.8 Å². The summed E-state index contributed by atoms with van der Waals surface area (Å²) in [6.45, 7) is 7.40. The first-order valence-electron chi connectivity index (χ1n) is 10.8. The second kappa shape index (κ2) is 8.82. The number of ether oxygens (including phenoxy) is 2. The Morgan fingerprint density at radius 2 is 1.69 bits per heavy atom. The molecule has 0 aliphatic carbocycles. The van der Waals surface area contributed by atoms with Crippen molar-refractivity contribution in [2.45, 2.75) is 40.4 Å². The Kier molecular flexibility index (Phi) is 5.94. The number of nitrogens with zero attached hydrogens (tertiary/aromatic N) is 3. The molecule has 8 nitrogen and oxygen atoms in total. The number of rotatable bonds is 8. The lowest BCUT2D eigenvalue weighted by Crippen LogP contribution is -2.41. The number of fused-ring (bicyclic) bond motifs is 2. The van der Waals surface area contributed by atoms with Gasteiger partial charge in [0.2, 0.25) is 0 Å². The van der Waals surface area contributed by atoms with Gasteiger partial charge in [-0.25, -0.2) is 13.9 Å². The maximum absolute atomic E-state index is 12.9. The molecule has 4 rings (SSSR count). The van der Waals surface area contributed by atoms with Crippen LogP contribution >= 0.6 is 0 Å². The van der Waals surface area contributed by atoms with E-state index in [-0.39, 0.29) is 25.0 Å². The SMILES string of the molecule is CCOC(=O)COc1ccc2c(c1)n(CC)c(CN1C(=O)c3ccccc3C1=O)[n+]2CC. The molecule has 0 fully saturated rings. The molecule has 2 amide bonds. The van der Waals surface area contributed by atoms with Gasteiger partial charge >= 0.3 is 5.97 Å². The first kappa shape index (κ1) is 21.5. The van der Waals surface area contributed by atoms with Crippen LogP contribution in [0.15, 0.2) is 42.5 Å². The van der Waals surface area contributed by atoms with Crippen molar-refractivity contribution in [2.75, 3.05) is 13.2 Å². The molecule has 0 spiro atoms. The molecule has 0 saturated carbocycles. The fourth-order valence-electron chi connectivity index (χ4n) is 4.21. The highest BCUT2D eigenvalue weighted by Crippen LogP contribution is 2.26. The van der Waals surface area contributed by atoms with E-state index in [4.69, 9.17) is 9.47 Å². The highest BCUT2D eigenvalue weighted by Gasteiger charge is 2.38. The average Bonchev–Trinajstić information content (AvgIpc) is 3.24. The van der Waals surface area contributed by atoms with Crippen molar-refractivity contribution in [2.24, 2.45) is 0 Å². The summed E-state index contributed by atoms with van der Waals surface area (Å²) in [4.78, 5) is 38.7. The lowest BCUT2D eigenvalue weighted by molar-refractivity contribution is -0.677. The molecule has 32 heavy (non-hydrogen) atoms. The molecular formula is C24H26N3O5+. The second-order valence-electron chi connectivity index (χ2n) is 7.39. The van der Waals surface area contributed by atoms with Gasteiger partial charge in [-0.05, 0) is 45.0 Å². The Morgan fingerprint density at radius 3 is 2.28 bits per heavy atom. The number of aryl methyl sites for hydroxylation is 2. The lowest BCUT2D eigenvalue weighted by atomic mass is 10.1. The number of hydrogen-bond donors (Lipinski definition) is 0. The van der Waals surface area contributed by atoms with Gasteiger partial charge in [-0.3, -0.25) is 14.5 Å². The first-order valence-corrected chi connectivity index (χ1v) is 10.8. The topological polar surface area (TPSA) is 81.7 Å². The Bertz CT molecular complexity index is 1180. The number of benzene rings is 2. The standard InChI is InChI=1S/C24H26N3O5/c1-4-25-19-12-11-16(32-15-22(28)31-6-3)13-20(19)26(5-2)21(25)14-27-23(29)17-9-7-8-10-18(17)24(27)30/h7-13H,4-6,14-15H2,1-3H3/q+1. The van der Waals surface area contributed by atoms with E-state index in [9.17, 15) is 14.4 Å². The van der Waals surface area contributed by atoms with Crippen LogP contribution in [0.2, 0.25) is 0 Å². The van der Waals surface area contributed by atoms with E-state index in [1.807, 2.05) is 26.0 Å². The van der Waals surface area contributed by atoms with Crippen LogP contribution in [0.1, 0.15) is 47.3 Å². The quantitative estimate of drug-likeness (QED) is 0.308. The van der Waals surface area contributed by atoms with E-state index in [0.717, 1.165) is 16.9 Å². The predicted octanol–water partition coefficient (Wildman–Crippen LogP) is 2.71. The van der Waals surface area contributed by atoms with Gasteiger partial charge in [0.05, 0.1) is 30.8 Å². The summed E-state index contributed by atoms with van der Waals surface area (Å²) < 4.78 is 14.7. The molecule has 166 valence electrons. The molecule has 0 unspecified atom stereocenters. The van der Waals surface area contributed by atoms with Gasteiger partial charge in [-0.2, -0.15) is 0 Å². The number of imidazole rings is 1. The van der Waals surface area contributed by atoms with Gasteiger partial charge in [0.1, 0.15) is 12.3 Å². The van der Waals surface area contributed by atoms with E-state index >= 15 is 0 Å². The monoisotopic (exact) mass is 436 g/mol. The van der Waals surface area contributed by atoms with Crippen molar-refractivity contribution < 1.29 is 28.4 Å². The predicted molar refractivity (Wildman–Crippen MR) is 116 cm³/mol. The summed E-state index contributed by atoms with van der Waals surface area (Å²) in [5.41, 5.74) is 2.75. The Balaban J connectivity index is 1.69. The highest BCUT2D eigenvalue weighted by atomic mass is 16.6. The van der Waals surface area contributed by atoms with E-state index in [1.54, 1.807) is 37.3 Å². The fourth-order valence-corrected chi connectivity index (χ4v) is 4.21. The maximum Gasteiger partial charge on any atom is 0.344 e. The van der Waals surface area contributed by atoms with Gasteiger partial charge in [0.25, 0.3) is 17.6 Å². The van der Waals surface area contributed by atoms with Crippen molar-refractivity contribution in [1.29, 1.82) is 0 Å². The number of esters is 1. The summed E-state index contributed by atoms with van der Waals surface area (Å²) in [6.07, 6.45) is 0. The van der Waals surface area contributed by atoms with E-state index in [0.29, 0.717) is 36.6 Å². The maximum atomic E-state index is 12.9. The molecule has 1 aliphatic rings. The molecule has 0 bridgehead atoms. The van der Waals surface area contributed by atoms with Crippen LogP contribution in [-0.2, 0) is 29.2 Å². The molecule has 2 aromatic carbocycles. The van der Waals surface area contributed by atoms with Crippen molar-refractivity contribution in [1.82, 2.24) is 9.47 Å². The minimum absolute atomic E-state index is 0.165. The summed E-state index contributed by atoms with van der Waals surface area (Å²) in [5.74, 6) is 0.419. The van der Waals surface area contributed by atoms with Crippen molar-refractivity contribution in [3.63, 3.8) is 0 Å². The number of carbonyl (C=O) groups is 3.